The lowest BCUT2D eigenvalue weighted by atomic mass is 10.1. The van der Waals surface area contributed by atoms with Gasteiger partial charge >= 0.3 is 18.3 Å². The number of hydrogen-bond acceptors (Lipinski definition) is 8. The fourth-order valence-electron chi connectivity index (χ4n) is 2.37. The fourth-order valence-corrected chi connectivity index (χ4v) is 2.37. The zero-order valence-corrected chi connectivity index (χ0v) is 19.7. The Morgan fingerprint density at radius 3 is 2.37 bits per heavy atom. The van der Waals surface area contributed by atoms with Crippen LogP contribution in [0.2, 0.25) is 0 Å². The quantitative estimate of drug-likeness (QED) is 0.189. The first kappa shape index (κ1) is 27.4. The van der Waals surface area contributed by atoms with E-state index in [1.165, 1.54) is 6.07 Å². The second-order valence-electron chi connectivity index (χ2n) is 8.16. The number of rotatable bonds is 10. The highest BCUT2D eigenvalue weighted by Gasteiger charge is 2.32. The van der Waals surface area contributed by atoms with Crippen LogP contribution in [-0.4, -0.2) is 40.1 Å². The number of nitrogens with zero attached hydrogens (tertiary/aromatic N) is 3. The summed E-state index contributed by atoms with van der Waals surface area (Å²) in [5, 5.41) is 4.01. The predicted octanol–water partition coefficient (Wildman–Crippen LogP) is 5.29. The first-order valence-corrected chi connectivity index (χ1v) is 10.5. The largest absolute Gasteiger partial charge is 0.516 e. The summed E-state index contributed by atoms with van der Waals surface area (Å²) in [5.74, 6) is -1.20. The minimum Gasteiger partial charge on any atom is -0.465 e. The highest BCUT2D eigenvalue weighted by Crippen LogP contribution is 2.35. The third-order valence-electron chi connectivity index (χ3n) is 3.89. The Morgan fingerprint density at radius 1 is 1.09 bits per heavy atom. The second-order valence-corrected chi connectivity index (χ2v) is 8.16. The molecule has 0 aliphatic carbocycles. The predicted molar refractivity (Wildman–Crippen MR) is 119 cm³/mol. The van der Waals surface area contributed by atoms with Crippen molar-refractivity contribution in [3.63, 3.8) is 0 Å². The first-order chi connectivity index (χ1) is 16.3. The number of benzene rings is 1. The molecule has 35 heavy (non-hydrogen) atoms. The summed E-state index contributed by atoms with van der Waals surface area (Å²) in [6.07, 6.45) is -2.66. The van der Waals surface area contributed by atoms with Crippen molar-refractivity contribution in [2.24, 2.45) is 11.8 Å². The summed E-state index contributed by atoms with van der Waals surface area (Å²) in [7, 11) is 0. The molecule has 0 bridgehead atoms. The van der Waals surface area contributed by atoms with Crippen LogP contribution in [-0.2, 0) is 25.2 Å². The van der Waals surface area contributed by atoms with Crippen LogP contribution >= 0.6 is 0 Å². The minimum atomic E-state index is -4.66. The van der Waals surface area contributed by atoms with Gasteiger partial charge in [0.15, 0.2) is 5.82 Å². The van der Waals surface area contributed by atoms with Crippen LogP contribution in [0.1, 0.15) is 33.3 Å². The van der Waals surface area contributed by atoms with E-state index in [4.69, 9.17) is 14.2 Å². The van der Waals surface area contributed by atoms with Gasteiger partial charge in [0.2, 0.25) is 0 Å². The van der Waals surface area contributed by atoms with Gasteiger partial charge in [0.05, 0.1) is 18.8 Å². The summed E-state index contributed by atoms with van der Waals surface area (Å²) in [4.78, 5) is 27.1. The van der Waals surface area contributed by atoms with Gasteiger partial charge in [-0.25, -0.2) is 19.3 Å². The Bertz CT molecular complexity index is 1080. The zero-order chi connectivity index (χ0) is 26.2. The lowest BCUT2D eigenvalue weighted by Crippen LogP contribution is -2.14. The van der Waals surface area contributed by atoms with Crippen molar-refractivity contribution in [2.75, 3.05) is 13.2 Å². The lowest BCUT2D eigenvalue weighted by Gasteiger charge is -2.14. The molecular weight excluding hydrogens is 471 g/mol. The van der Waals surface area contributed by atoms with Gasteiger partial charge in [0, 0.05) is 17.8 Å². The molecule has 0 spiro atoms. The van der Waals surface area contributed by atoms with E-state index in [9.17, 15) is 22.8 Å². The Morgan fingerprint density at radius 2 is 1.74 bits per heavy atom. The molecule has 0 amide bonds. The molecule has 2 aromatic rings. The summed E-state index contributed by atoms with van der Waals surface area (Å²) in [5.41, 5.74) is -0.990. The smallest absolute Gasteiger partial charge is 0.465 e. The average molecular weight is 497 g/mol. The van der Waals surface area contributed by atoms with E-state index < -0.39 is 23.9 Å². The molecule has 0 fully saturated rings. The van der Waals surface area contributed by atoms with E-state index in [-0.39, 0.29) is 48.1 Å². The monoisotopic (exact) mass is 497 g/mol. The molecule has 0 N–H and O–H groups in total. The second kappa shape index (κ2) is 12.0. The molecule has 0 radical (unpaired) electrons. The lowest BCUT2D eigenvalue weighted by molar-refractivity contribution is -0.137. The van der Waals surface area contributed by atoms with Crippen molar-refractivity contribution >= 4 is 18.3 Å². The summed E-state index contributed by atoms with van der Waals surface area (Å²) in [6, 6.07) is 2.95. The molecule has 1 heterocycles. The molecular formula is C23H26F3N3O6. The molecule has 9 nitrogen and oxygen atoms in total. The van der Waals surface area contributed by atoms with E-state index in [2.05, 4.69) is 21.4 Å². The maximum atomic E-state index is 13.4. The van der Waals surface area contributed by atoms with Crippen LogP contribution in [0, 0.1) is 11.8 Å². The molecule has 12 heteroatoms. The van der Waals surface area contributed by atoms with Gasteiger partial charge in [-0.15, -0.1) is 5.10 Å². The Kier molecular flexibility index (Phi) is 9.43. The Labute approximate surface area is 200 Å². The van der Waals surface area contributed by atoms with E-state index in [0.717, 1.165) is 35.4 Å². The molecule has 1 aromatic heterocycles. The topological polar surface area (TPSA) is 102 Å². The number of aromatic nitrogens is 3. The standard InChI is InChI=1S/C23H26F3N3O6/c1-14(2)11-32-16(5)34-19-9-17(8-18(10-19)23(24,25)26)21-27-13-29(28-21)7-6-20(30)35-22(31)33-12-15(3)4/h6-10,13-15H,5,11-12H2,1-4H3/b7-6-. The van der Waals surface area contributed by atoms with Crippen LogP contribution in [0.25, 0.3) is 17.6 Å². The van der Waals surface area contributed by atoms with Gasteiger partial charge in [-0.2, -0.15) is 13.2 Å². The van der Waals surface area contributed by atoms with E-state index >= 15 is 0 Å². The van der Waals surface area contributed by atoms with Crippen LogP contribution in [0.5, 0.6) is 5.75 Å². The third-order valence-corrected chi connectivity index (χ3v) is 3.89. The maximum absolute atomic E-state index is 13.4. The summed E-state index contributed by atoms with van der Waals surface area (Å²) < 4.78 is 61.1. The van der Waals surface area contributed by atoms with Crippen LogP contribution in [0.15, 0.2) is 43.1 Å². The highest BCUT2D eigenvalue weighted by atomic mass is 19.4. The molecule has 0 unspecified atom stereocenters. The maximum Gasteiger partial charge on any atom is 0.516 e. The van der Waals surface area contributed by atoms with Gasteiger partial charge in [-0.1, -0.05) is 27.7 Å². The molecule has 0 atom stereocenters. The highest BCUT2D eigenvalue weighted by molar-refractivity contribution is 5.91. The van der Waals surface area contributed by atoms with Gasteiger partial charge in [0.25, 0.3) is 5.95 Å². The van der Waals surface area contributed by atoms with Crippen molar-refractivity contribution < 1.29 is 41.7 Å². The van der Waals surface area contributed by atoms with E-state index in [1.54, 1.807) is 0 Å². The fraction of sp³-hybridized carbons (Fsp3) is 0.391. The molecule has 1 aromatic carbocycles. The molecule has 0 aliphatic rings. The molecule has 0 saturated heterocycles. The number of ether oxygens (including phenoxy) is 4. The summed E-state index contributed by atoms with van der Waals surface area (Å²) in [6.45, 7) is 11.3. The molecule has 190 valence electrons. The van der Waals surface area contributed by atoms with Crippen LogP contribution < -0.4 is 4.74 Å². The number of carbonyl (C=O) groups excluding carboxylic acids is 2. The van der Waals surface area contributed by atoms with Crippen molar-refractivity contribution in [3.8, 4) is 17.1 Å². The van der Waals surface area contributed by atoms with Crippen molar-refractivity contribution in [3.05, 3.63) is 48.7 Å². The van der Waals surface area contributed by atoms with E-state index in [0.29, 0.717) is 0 Å². The molecule has 0 aliphatic heterocycles. The van der Waals surface area contributed by atoms with Crippen LogP contribution in [0.3, 0.4) is 0 Å². The number of esters is 1. The van der Waals surface area contributed by atoms with Crippen LogP contribution in [0.4, 0.5) is 18.0 Å². The first-order valence-electron chi connectivity index (χ1n) is 10.5. The number of halogens is 3. The zero-order valence-electron chi connectivity index (χ0n) is 19.7. The molecule has 2 rings (SSSR count). The summed E-state index contributed by atoms with van der Waals surface area (Å²) >= 11 is 0. The minimum absolute atomic E-state index is 0.00141. The number of alkyl halides is 3. The van der Waals surface area contributed by atoms with Gasteiger partial charge in [0.1, 0.15) is 12.1 Å². The third kappa shape index (κ3) is 9.51. The van der Waals surface area contributed by atoms with Gasteiger partial charge in [-0.05, 0) is 36.6 Å². The van der Waals surface area contributed by atoms with Crippen molar-refractivity contribution in [1.29, 1.82) is 0 Å². The van der Waals surface area contributed by atoms with Crippen molar-refractivity contribution in [2.45, 2.75) is 33.9 Å². The van der Waals surface area contributed by atoms with Crippen molar-refractivity contribution in [1.82, 2.24) is 14.8 Å². The van der Waals surface area contributed by atoms with Gasteiger partial charge in [-0.3, -0.25) is 0 Å². The van der Waals surface area contributed by atoms with E-state index in [1.807, 2.05) is 27.7 Å². The average Bonchev–Trinajstić information content (AvgIpc) is 3.23. The van der Waals surface area contributed by atoms with Gasteiger partial charge < -0.3 is 18.9 Å². The number of carbonyl (C=O) groups is 2. The number of hydrogen-bond donors (Lipinski definition) is 0. The Balaban J connectivity index is 2.16. The normalized spacial score (nSPS) is 11.7. The Hall–Kier alpha value is -3.83. The molecule has 0 saturated carbocycles. The SMILES string of the molecule is C=C(OCC(C)C)Oc1cc(-c2ncn(/C=C\C(=O)OC(=O)OCC(C)C)n2)cc(C(F)(F)F)c1.